The van der Waals surface area contributed by atoms with Crippen LogP contribution in [-0.2, 0) is 11.2 Å². The molecule has 0 saturated carbocycles. The quantitative estimate of drug-likeness (QED) is 0.628. The van der Waals surface area contributed by atoms with Crippen molar-refractivity contribution >= 4 is 23.3 Å². The Morgan fingerprint density at radius 2 is 1.80 bits per heavy atom. The second kappa shape index (κ2) is 9.26. The molecule has 7 heteroatoms. The molecule has 2 amide bonds. The summed E-state index contributed by atoms with van der Waals surface area (Å²) in [4.78, 5) is 43.3. The lowest BCUT2D eigenvalue weighted by Crippen LogP contribution is -3.15. The van der Waals surface area contributed by atoms with Gasteiger partial charge in [0.2, 0.25) is 0 Å². The minimum atomic E-state index is -0.0801. The molecule has 2 heterocycles. The zero-order valence-electron chi connectivity index (χ0n) is 18.2. The van der Waals surface area contributed by atoms with Crippen molar-refractivity contribution in [1.82, 2.24) is 9.88 Å². The van der Waals surface area contributed by atoms with Crippen molar-refractivity contribution in [2.45, 2.75) is 34.1 Å². The van der Waals surface area contributed by atoms with Gasteiger partial charge >= 0.3 is 0 Å². The van der Waals surface area contributed by atoms with Gasteiger partial charge in [-0.2, -0.15) is 0 Å². The molecule has 2 aromatic rings. The van der Waals surface area contributed by atoms with Crippen LogP contribution >= 0.6 is 0 Å². The number of hydrogen-bond donors (Lipinski definition) is 3. The third kappa shape index (κ3) is 4.62. The molecule has 3 N–H and O–H groups in total. The first-order chi connectivity index (χ1) is 14.3. The fraction of sp³-hybridized carbons (Fsp3) is 0.435. The number of amides is 2. The van der Waals surface area contributed by atoms with Crippen molar-refractivity contribution in [3.8, 4) is 0 Å². The zero-order chi connectivity index (χ0) is 21.8. The number of piperazine rings is 1. The van der Waals surface area contributed by atoms with Gasteiger partial charge in [0.1, 0.15) is 5.69 Å². The molecule has 0 atom stereocenters. The summed E-state index contributed by atoms with van der Waals surface area (Å²) in [6.07, 6.45) is 0.868. The second-order valence-corrected chi connectivity index (χ2v) is 7.96. The minimum absolute atomic E-state index is 0.00684. The van der Waals surface area contributed by atoms with Gasteiger partial charge in [-0.1, -0.05) is 25.1 Å². The van der Waals surface area contributed by atoms with Gasteiger partial charge in [0, 0.05) is 16.9 Å². The molecule has 0 spiro atoms. The van der Waals surface area contributed by atoms with Gasteiger partial charge < -0.3 is 20.1 Å². The normalized spacial score (nSPS) is 14.6. The van der Waals surface area contributed by atoms with E-state index in [1.54, 1.807) is 4.90 Å². The number of ketones is 1. The largest absolute Gasteiger partial charge is 0.354 e. The first-order valence-corrected chi connectivity index (χ1v) is 10.5. The molecule has 0 aliphatic carbocycles. The Hall–Kier alpha value is -2.93. The Labute approximate surface area is 177 Å². The third-order valence-corrected chi connectivity index (χ3v) is 5.84. The average Bonchev–Trinajstić information content (AvgIpc) is 3.02. The lowest BCUT2D eigenvalue weighted by atomic mass is 10.1. The molecule has 1 aliphatic heterocycles. The maximum absolute atomic E-state index is 12.9. The average molecular weight is 412 g/mol. The number of aryl methyl sites for hydroxylation is 2. The number of carbonyl (C=O) groups is 3. The maximum atomic E-state index is 12.9. The SMILES string of the molecule is CCc1ccccc1NC(=O)C[NH+]1CCN(C(=O)c2[nH]c(C)c(C(C)=O)c2C)CC1. The van der Waals surface area contributed by atoms with Crippen molar-refractivity contribution in [2.75, 3.05) is 38.0 Å². The summed E-state index contributed by atoms with van der Waals surface area (Å²) in [5, 5.41) is 3.02. The van der Waals surface area contributed by atoms with E-state index in [0.29, 0.717) is 49.5 Å². The number of nitrogens with zero attached hydrogens (tertiary/aromatic N) is 1. The molecule has 30 heavy (non-hydrogen) atoms. The van der Waals surface area contributed by atoms with Crippen LogP contribution in [0.2, 0.25) is 0 Å². The molecule has 0 unspecified atom stereocenters. The summed E-state index contributed by atoms with van der Waals surface area (Å²) >= 11 is 0. The number of H-pyrrole nitrogens is 1. The van der Waals surface area contributed by atoms with Gasteiger partial charge in [0.25, 0.3) is 11.8 Å². The van der Waals surface area contributed by atoms with Gasteiger partial charge in [0.05, 0.1) is 26.2 Å². The topological polar surface area (TPSA) is 86.7 Å². The molecule has 1 aromatic carbocycles. The van der Waals surface area contributed by atoms with Crippen molar-refractivity contribution < 1.29 is 19.3 Å². The van der Waals surface area contributed by atoms with Crippen LogP contribution in [-0.4, -0.2) is 60.2 Å². The molecule has 7 nitrogen and oxygen atoms in total. The Kier molecular flexibility index (Phi) is 6.72. The molecule has 0 radical (unpaired) electrons. The smallest absolute Gasteiger partial charge is 0.279 e. The van der Waals surface area contributed by atoms with E-state index < -0.39 is 0 Å². The van der Waals surface area contributed by atoms with Crippen molar-refractivity contribution in [2.24, 2.45) is 0 Å². The number of aromatic amines is 1. The summed E-state index contributed by atoms with van der Waals surface area (Å²) in [6, 6.07) is 7.85. The fourth-order valence-electron chi connectivity index (χ4n) is 4.22. The van der Waals surface area contributed by atoms with Crippen molar-refractivity contribution in [3.63, 3.8) is 0 Å². The number of nitrogens with one attached hydrogen (secondary N) is 3. The molecule has 1 saturated heterocycles. The highest BCUT2D eigenvalue weighted by Gasteiger charge is 2.29. The summed E-state index contributed by atoms with van der Waals surface area (Å²) in [7, 11) is 0. The van der Waals surface area contributed by atoms with Crippen molar-refractivity contribution in [1.29, 1.82) is 0 Å². The van der Waals surface area contributed by atoms with E-state index >= 15 is 0 Å². The van der Waals surface area contributed by atoms with Crippen LogP contribution in [0.1, 0.15) is 51.5 Å². The number of quaternary nitrogens is 1. The van der Waals surface area contributed by atoms with Gasteiger partial charge in [0.15, 0.2) is 12.3 Å². The molecule has 1 aliphatic rings. The van der Waals surface area contributed by atoms with E-state index in [4.69, 9.17) is 0 Å². The van der Waals surface area contributed by atoms with Crippen LogP contribution < -0.4 is 10.2 Å². The van der Waals surface area contributed by atoms with Crippen molar-refractivity contribution in [3.05, 3.63) is 52.3 Å². The van der Waals surface area contributed by atoms with Gasteiger partial charge in [-0.3, -0.25) is 14.4 Å². The highest BCUT2D eigenvalue weighted by Crippen LogP contribution is 2.20. The molecular weight excluding hydrogens is 380 g/mol. The summed E-state index contributed by atoms with van der Waals surface area (Å²) in [5.74, 6) is -0.124. The van der Waals surface area contributed by atoms with Crippen LogP contribution in [0.25, 0.3) is 0 Å². The Balaban J connectivity index is 1.56. The first-order valence-electron chi connectivity index (χ1n) is 10.5. The lowest BCUT2D eigenvalue weighted by molar-refractivity contribution is -0.895. The molecule has 1 fully saturated rings. The van der Waals surface area contributed by atoms with Gasteiger partial charge in [-0.15, -0.1) is 0 Å². The Morgan fingerprint density at radius 3 is 2.40 bits per heavy atom. The molecule has 160 valence electrons. The van der Waals surface area contributed by atoms with E-state index in [2.05, 4.69) is 17.2 Å². The van der Waals surface area contributed by atoms with E-state index in [1.165, 1.54) is 6.92 Å². The van der Waals surface area contributed by atoms with Crippen LogP contribution in [0.4, 0.5) is 5.69 Å². The second-order valence-electron chi connectivity index (χ2n) is 7.96. The van der Waals surface area contributed by atoms with E-state index in [0.717, 1.165) is 28.3 Å². The zero-order valence-corrected chi connectivity index (χ0v) is 18.2. The number of rotatable bonds is 6. The number of anilines is 1. The van der Waals surface area contributed by atoms with Crippen LogP contribution in [0.3, 0.4) is 0 Å². The highest BCUT2D eigenvalue weighted by molar-refractivity contribution is 6.02. The predicted octanol–water partition coefficient (Wildman–Crippen LogP) is 1.38. The predicted molar refractivity (Wildman–Crippen MR) is 116 cm³/mol. The summed E-state index contributed by atoms with van der Waals surface area (Å²) < 4.78 is 0. The number of aromatic nitrogens is 1. The third-order valence-electron chi connectivity index (χ3n) is 5.84. The van der Waals surface area contributed by atoms with E-state index in [-0.39, 0.29) is 17.6 Å². The van der Waals surface area contributed by atoms with E-state index in [9.17, 15) is 14.4 Å². The van der Waals surface area contributed by atoms with E-state index in [1.807, 2.05) is 38.1 Å². The minimum Gasteiger partial charge on any atom is -0.354 e. The molecular formula is C23H31N4O3+. The number of Topliss-reactive ketones (excluding diaryl/α,β-unsaturated/α-hetero) is 1. The van der Waals surface area contributed by atoms with Gasteiger partial charge in [-0.25, -0.2) is 0 Å². The first kappa shape index (κ1) is 21.8. The molecule has 0 bridgehead atoms. The number of hydrogen-bond acceptors (Lipinski definition) is 3. The number of carbonyl (C=O) groups excluding carboxylic acids is 3. The van der Waals surface area contributed by atoms with Crippen LogP contribution in [0.5, 0.6) is 0 Å². The maximum Gasteiger partial charge on any atom is 0.279 e. The summed E-state index contributed by atoms with van der Waals surface area (Å²) in [5.41, 5.74) is 4.54. The fourth-order valence-corrected chi connectivity index (χ4v) is 4.22. The van der Waals surface area contributed by atoms with Gasteiger partial charge in [-0.05, 0) is 44.4 Å². The molecule has 3 rings (SSSR count). The Morgan fingerprint density at radius 1 is 1.13 bits per heavy atom. The number of benzene rings is 1. The number of para-hydroxylation sites is 1. The highest BCUT2D eigenvalue weighted by atomic mass is 16.2. The summed E-state index contributed by atoms with van der Waals surface area (Å²) in [6.45, 7) is 10.2. The molecule has 1 aromatic heterocycles. The standard InChI is InChI=1S/C23H30N4O3/c1-5-18-8-6-7-9-19(18)25-20(29)14-26-10-12-27(13-11-26)23(30)22-15(2)21(17(4)28)16(3)24-22/h6-9,24H,5,10-14H2,1-4H3,(H,25,29)/p+1. The Bertz CT molecular complexity index is 955. The lowest BCUT2D eigenvalue weighted by Gasteiger charge is -2.31. The van der Waals surface area contributed by atoms with Crippen LogP contribution in [0, 0.1) is 13.8 Å². The van der Waals surface area contributed by atoms with Crippen LogP contribution in [0.15, 0.2) is 24.3 Å². The monoisotopic (exact) mass is 411 g/mol.